The van der Waals surface area contributed by atoms with E-state index in [1.807, 2.05) is 0 Å². The first-order valence-electron chi connectivity index (χ1n) is 10.4. The Kier molecular flexibility index (Phi) is 5.50. The van der Waals surface area contributed by atoms with Gasteiger partial charge in [0, 0.05) is 11.5 Å². The molecule has 2 fully saturated rings. The summed E-state index contributed by atoms with van der Waals surface area (Å²) in [6, 6.07) is 0. The molecule has 3 aliphatic rings. The van der Waals surface area contributed by atoms with Crippen molar-refractivity contribution < 1.29 is 29.3 Å². The van der Waals surface area contributed by atoms with Crippen LogP contribution in [0.25, 0.3) is 0 Å². The molecule has 0 aromatic heterocycles. The van der Waals surface area contributed by atoms with Crippen LogP contribution in [-0.4, -0.2) is 47.9 Å². The number of Topliss-reactive ketones (excluding diaryl/α,β-unsaturated/α-hetero) is 1. The van der Waals surface area contributed by atoms with Crippen LogP contribution in [-0.2, 0) is 19.1 Å². The van der Waals surface area contributed by atoms with Crippen molar-refractivity contribution in [2.24, 2.45) is 28.6 Å². The molecule has 29 heavy (non-hydrogen) atoms. The van der Waals surface area contributed by atoms with E-state index in [0.29, 0.717) is 12.8 Å². The minimum atomic E-state index is -2.04. The van der Waals surface area contributed by atoms with Crippen LogP contribution in [0, 0.1) is 28.6 Å². The van der Waals surface area contributed by atoms with Crippen molar-refractivity contribution in [3.8, 4) is 0 Å². The molecule has 0 aromatic rings. The molecule has 2 unspecified atom stereocenters. The van der Waals surface area contributed by atoms with Gasteiger partial charge in [-0.25, -0.2) is 4.79 Å². The molecule has 3 rings (SSSR count). The molecule has 0 radical (unpaired) electrons. The highest BCUT2D eigenvalue weighted by Gasteiger charge is 2.62. The van der Waals surface area contributed by atoms with E-state index in [9.17, 15) is 19.8 Å². The Morgan fingerprint density at radius 1 is 1.34 bits per heavy atom. The topological polar surface area (TPSA) is 93.1 Å². The van der Waals surface area contributed by atoms with Crippen LogP contribution in [0.15, 0.2) is 24.0 Å². The Morgan fingerprint density at radius 3 is 2.59 bits per heavy atom. The van der Waals surface area contributed by atoms with Crippen LogP contribution in [0.4, 0.5) is 0 Å². The largest absolute Gasteiger partial charge is 0.493 e. The summed E-state index contributed by atoms with van der Waals surface area (Å²) in [7, 11) is 2.55. The number of methoxy groups -OCH3 is 2. The third-order valence-corrected chi connectivity index (χ3v) is 8.47. The van der Waals surface area contributed by atoms with Gasteiger partial charge in [0.25, 0.3) is 0 Å². The average molecular weight is 407 g/mol. The van der Waals surface area contributed by atoms with Gasteiger partial charge in [-0.3, -0.25) is 4.79 Å². The number of esters is 1. The Morgan fingerprint density at radius 2 is 2.00 bits per heavy atom. The molecule has 0 aromatic carbocycles. The second-order valence-corrected chi connectivity index (χ2v) is 9.64. The number of carbonyl (C=O) groups excluding carboxylic acids is 2. The number of rotatable bonds is 4. The van der Waals surface area contributed by atoms with Crippen LogP contribution in [0.5, 0.6) is 0 Å². The first-order valence-corrected chi connectivity index (χ1v) is 10.4. The molecular weight excluding hydrogens is 372 g/mol. The van der Waals surface area contributed by atoms with Crippen molar-refractivity contribution >= 4 is 11.8 Å². The summed E-state index contributed by atoms with van der Waals surface area (Å²) >= 11 is 0. The predicted octanol–water partition coefficient (Wildman–Crippen LogP) is 2.78. The molecule has 0 spiro atoms. The van der Waals surface area contributed by atoms with Gasteiger partial charge in [-0.15, -0.1) is 0 Å². The molecule has 7 atom stereocenters. The number of hydrogen-bond acceptors (Lipinski definition) is 6. The van der Waals surface area contributed by atoms with Crippen LogP contribution in [0.2, 0.25) is 0 Å². The van der Waals surface area contributed by atoms with Gasteiger partial charge in [0.2, 0.25) is 5.78 Å². The zero-order valence-corrected chi connectivity index (χ0v) is 18.2. The zero-order chi connectivity index (χ0) is 21.8. The molecule has 0 heterocycles. The van der Waals surface area contributed by atoms with Gasteiger partial charge in [-0.2, -0.15) is 0 Å². The van der Waals surface area contributed by atoms with Gasteiger partial charge < -0.3 is 19.7 Å². The van der Waals surface area contributed by atoms with Gasteiger partial charge in [0.05, 0.1) is 26.2 Å². The van der Waals surface area contributed by atoms with E-state index in [1.165, 1.54) is 20.3 Å². The van der Waals surface area contributed by atoms with Crippen molar-refractivity contribution in [1.29, 1.82) is 0 Å². The second kappa shape index (κ2) is 7.24. The molecule has 6 nitrogen and oxygen atoms in total. The average Bonchev–Trinajstić information content (AvgIpc) is 2.93. The Balaban J connectivity index is 2.03. The van der Waals surface area contributed by atoms with Gasteiger partial charge in [-0.1, -0.05) is 32.9 Å². The summed E-state index contributed by atoms with van der Waals surface area (Å²) < 4.78 is 9.97. The second-order valence-electron chi connectivity index (χ2n) is 9.64. The number of carbonyl (C=O) groups is 2. The Bertz CT molecular complexity index is 756. The Hall–Kier alpha value is -1.66. The summed E-state index contributed by atoms with van der Waals surface area (Å²) in [6.45, 7) is 10.6. The van der Waals surface area contributed by atoms with Crippen LogP contribution >= 0.6 is 0 Å². The quantitative estimate of drug-likeness (QED) is 0.551. The smallest absolute Gasteiger partial charge is 0.342 e. The lowest BCUT2D eigenvalue weighted by molar-refractivity contribution is -0.171. The number of aliphatic hydroxyl groups is 2. The molecule has 0 bridgehead atoms. The van der Waals surface area contributed by atoms with Crippen molar-refractivity contribution in [2.45, 2.75) is 64.6 Å². The maximum Gasteiger partial charge on any atom is 0.342 e. The number of ketones is 1. The van der Waals surface area contributed by atoms with Crippen molar-refractivity contribution in [3.63, 3.8) is 0 Å². The van der Waals surface area contributed by atoms with Gasteiger partial charge >= 0.3 is 5.97 Å². The molecular formula is C23H34O6. The monoisotopic (exact) mass is 406 g/mol. The van der Waals surface area contributed by atoms with E-state index in [4.69, 9.17) is 9.47 Å². The van der Waals surface area contributed by atoms with Gasteiger partial charge in [0.15, 0.2) is 11.4 Å². The van der Waals surface area contributed by atoms with Gasteiger partial charge in [0.1, 0.15) is 0 Å². The summed E-state index contributed by atoms with van der Waals surface area (Å²) in [5.41, 5.74) is -1.81. The van der Waals surface area contributed by atoms with E-state index in [-0.39, 0.29) is 28.8 Å². The first kappa shape index (κ1) is 22.0. The van der Waals surface area contributed by atoms with Crippen LogP contribution in [0.1, 0.15) is 52.9 Å². The fourth-order valence-corrected chi connectivity index (χ4v) is 6.31. The fraction of sp³-hybridized carbons (Fsp3) is 0.739. The van der Waals surface area contributed by atoms with Crippen molar-refractivity contribution in [1.82, 2.24) is 0 Å². The predicted molar refractivity (Wildman–Crippen MR) is 108 cm³/mol. The molecule has 0 aliphatic heterocycles. The molecule has 2 N–H and O–H groups in total. The molecule has 0 saturated heterocycles. The fourth-order valence-electron chi connectivity index (χ4n) is 6.31. The normalized spacial score (nSPS) is 44.9. The highest BCUT2D eigenvalue weighted by molar-refractivity contribution is 6.05. The lowest BCUT2D eigenvalue weighted by Gasteiger charge is -2.61. The number of ether oxygens (including phenoxy) is 2. The van der Waals surface area contributed by atoms with E-state index < -0.39 is 29.0 Å². The lowest BCUT2D eigenvalue weighted by Crippen LogP contribution is -2.59. The van der Waals surface area contributed by atoms with E-state index in [0.717, 1.165) is 24.8 Å². The third kappa shape index (κ3) is 2.98. The standard InChI is InChI=1S/C23H34O6/c1-13-8-7-9-17-21(3,14(2)10-18(24)22(13,17)4)11-15-19(25)16(28-5)12-23(15,27)20(26)29-6/h12,14-15,17-18,24,27H,1,7-11H2,2-6H3/t14-,15?,17?,18+,21+,22+,23-/m1/s1. The summed E-state index contributed by atoms with van der Waals surface area (Å²) in [5, 5.41) is 22.1. The van der Waals surface area contributed by atoms with Crippen molar-refractivity contribution in [2.75, 3.05) is 14.2 Å². The maximum absolute atomic E-state index is 13.0. The number of hydrogen-bond donors (Lipinski definition) is 2. The van der Waals surface area contributed by atoms with E-state index in [1.54, 1.807) is 0 Å². The Labute approximate surface area is 173 Å². The molecule has 2 saturated carbocycles. The van der Waals surface area contributed by atoms with Crippen molar-refractivity contribution in [3.05, 3.63) is 24.0 Å². The summed E-state index contributed by atoms with van der Waals surface area (Å²) in [4.78, 5) is 25.5. The van der Waals surface area contributed by atoms with E-state index in [2.05, 4.69) is 27.4 Å². The molecule has 6 heteroatoms. The van der Waals surface area contributed by atoms with Gasteiger partial charge in [-0.05, 0) is 49.4 Å². The third-order valence-electron chi connectivity index (χ3n) is 8.47. The summed E-state index contributed by atoms with van der Waals surface area (Å²) in [5.74, 6) is -2.03. The maximum atomic E-state index is 13.0. The lowest BCUT2D eigenvalue weighted by atomic mass is 9.44. The number of aliphatic hydroxyl groups excluding tert-OH is 1. The molecule has 0 amide bonds. The number of fused-ring (bicyclic) bond motifs is 1. The van der Waals surface area contributed by atoms with E-state index >= 15 is 0 Å². The highest BCUT2D eigenvalue weighted by atomic mass is 16.5. The minimum absolute atomic E-state index is 0.00851. The SMILES string of the molecule is C=C1CCCC2[C@@]1(C)[C@@H](O)C[C@@H](C)[C@]2(C)CC1C(=O)C(OC)=C[C@]1(O)C(=O)OC. The molecule has 162 valence electrons. The zero-order valence-electron chi connectivity index (χ0n) is 18.2. The first-order chi connectivity index (χ1) is 13.5. The molecule has 3 aliphatic carbocycles. The van der Waals surface area contributed by atoms with Crippen LogP contribution < -0.4 is 0 Å². The summed E-state index contributed by atoms with van der Waals surface area (Å²) in [6.07, 6.45) is 4.38. The number of allylic oxidation sites excluding steroid dienone is 1. The highest BCUT2D eigenvalue weighted by Crippen LogP contribution is 2.63. The van der Waals surface area contributed by atoms with Crippen LogP contribution in [0.3, 0.4) is 0 Å². The minimum Gasteiger partial charge on any atom is -0.493 e.